The normalized spacial score (nSPS) is 13.2. The Morgan fingerprint density at radius 1 is 1.50 bits per heavy atom. The Morgan fingerprint density at radius 3 is 2.71 bits per heavy atom. The fourth-order valence-corrected chi connectivity index (χ4v) is 1.80. The molecule has 80 valence electrons. The van der Waals surface area contributed by atoms with Crippen LogP contribution in [0.2, 0.25) is 0 Å². The summed E-state index contributed by atoms with van der Waals surface area (Å²) in [5.41, 5.74) is 0. The van der Waals surface area contributed by atoms with Gasteiger partial charge in [0.1, 0.15) is 0 Å². The van der Waals surface area contributed by atoms with Gasteiger partial charge in [0.25, 0.3) is 0 Å². The van der Waals surface area contributed by atoms with Crippen molar-refractivity contribution in [3.05, 3.63) is 10.9 Å². The molecule has 14 heavy (non-hydrogen) atoms. The molecule has 1 N–H and O–H groups in total. The number of ether oxygens (including phenoxy) is 1. The second-order valence-corrected chi connectivity index (χ2v) is 4.63. The monoisotopic (exact) mass is 214 g/mol. The Bertz CT molecular complexity index is 273. The predicted octanol–water partition coefficient (Wildman–Crippen LogP) is 2.46. The van der Waals surface area contributed by atoms with Gasteiger partial charge in [-0.15, -0.1) is 0 Å². The average molecular weight is 214 g/mol. The van der Waals surface area contributed by atoms with Gasteiger partial charge in [-0.05, 0) is 30.9 Å². The van der Waals surface area contributed by atoms with Crippen molar-refractivity contribution in [1.29, 1.82) is 0 Å². The van der Waals surface area contributed by atoms with Crippen LogP contribution < -0.4 is 10.1 Å². The largest absolute Gasteiger partial charge is 0.480 e. The maximum atomic E-state index is 5.04. The molecule has 0 bridgehead atoms. The molecule has 0 aromatic carbocycles. The van der Waals surface area contributed by atoms with Crippen LogP contribution in [0, 0.1) is 5.92 Å². The van der Waals surface area contributed by atoms with Gasteiger partial charge in [0, 0.05) is 17.0 Å². The van der Waals surface area contributed by atoms with Gasteiger partial charge in [0.15, 0.2) is 0 Å². The molecule has 1 atom stereocenters. The first-order valence-corrected chi connectivity index (χ1v) is 5.64. The second kappa shape index (κ2) is 5.32. The zero-order valence-corrected chi connectivity index (χ0v) is 10.0. The second-order valence-electron chi connectivity index (χ2n) is 3.80. The molecule has 1 rings (SSSR count). The van der Waals surface area contributed by atoms with Crippen LogP contribution >= 0.6 is 11.5 Å². The van der Waals surface area contributed by atoms with Crippen molar-refractivity contribution < 1.29 is 4.74 Å². The minimum atomic E-state index is 0.360. The van der Waals surface area contributed by atoms with Crippen molar-refractivity contribution in [2.75, 3.05) is 13.7 Å². The molecule has 1 aromatic rings. The molecule has 1 heterocycles. The van der Waals surface area contributed by atoms with Gasteiger partial charge in [-0.25, -0.2) is 0 Å². The maximum absolute atomic E-state index is 5.04. The summed E-state index contributed by atoms with van der Waals surface area (Å²) >= 11 is 1.50. The average Bonchev–Trinajstić information content (AvgIpc) is 2.62. The van der Waals surface area contributed by atoms with Crippen LogP contribution in [0.4, 0.5) is 0 Å². The summed E-state index contributed by atoms with van der Waals surface area (Å²) < 4.78 is 9.20. The van der Waals surface area contributed by atoms with Crippen molar-refractivity contribution in [3.63, 3.8) is 0 Å². The van der Waals surface area contributed by atoms with E-state index in [9.17, 15) is 0 Å². The van der Waals surface area contributed by atoms with E-state index in [-0.39, 0.29) is 0 Å². The molecule has 3 nitrogen and oxygen atoms in total. The molecule has 0 amide bonds. The van der Waals surface area contributed by atoms with Crippen LogP contribution in [0.15, 0.2) is 6.07 Å². The quantitative estimate of drug-likeness (QED) is 0.817. The number of hydrogen-bond acceptors (Lipinski definition) is 4. The van der Waals surface area contributed by atoms with Crippen molar-refractivity contribution in [2.45, 2.75) is 26.8 Å². The zero-order valence-electron chi connectivity index (χ0n) is 9.20. The molecule has 1 aromatic heterocycles. The number of nitrogens with zero attached hydrogens (tertiary/aromatic N) is 1. The molecule has 0 spiro atoms. The van der Waals surface area contributed by atoms with E-state index in [0.29, 0.717) is 17.8 Å². The van der Waals surface area contributed by atoms with Crippen LogP contribution in [-0.4, -0.2) is 18.0 Å². The highest BCUT2D eigenvalue weighted by molar-refractivity contribution is 7.06. The highest BCUT2D eigenvalue weighted by Gasteiger charge is 2.09. The molecule has 0 aliphatic rings. The molecule has 0 radical (unpaired) electrons. The van der Waals surface area contributed by atoms with Gasteiger partial charge in [-0.3, -0.25) is 0 Å². The van der Waals surface area contributed by atoms with Gasteiger partial charge < -0.3 is 10.1 Å². The lowest BCUT2D eigenvalue weighted by Crippen LogP contribution is -2.22. The standard InChI is InChI=1S/C10H18N2OS/c1-7(2)6-11-8(3)9-5-10(13-4)12-14-9/h5,7-8,11H,6H2,1-4H3. The third-order valence-electron chi connectivity index (χ3n) is 1.97. The molecule has 0 aliphatic heterocycles. The van der Waals surface area contributed by atoms with Gasteiger partial charge >= 0.3 is 0 Å². The fraction of sp³-hybridized carbons (Fsp3) is 0.700. The van der Waals surface area contributed by atoms with Gasteiger partial charge in [0.2, 0.25) is 5.88 Å². The van der Waals surface area contributed by atoms with E-state index in [1.165, 1.54) is 16.4 Å². The lowest BCUT2D eigenvalue weighted by molar-refractivity contribution is 0.402. The SMILES string of the molecule is COc1cc(C(C)NCC(C)C)sn1. The molecular formula is C10H18N2OS. The van der Waals surface area contributed by atoms with E-state index in [1.807, 2.05) is 6.07 Å². The smallest absolute Gasteiger partial charge is 0.225 e. The first kappa shape index (κ1) is 11.5. The summed E-state index contributed by atoms with van der Waals surface area (Å²) in [5.74, 6) is 1.38. The molecule has 1 unspecified atom stereocenters. The Labute approximate surface area is 89.7 Å². The number of rotatable bonds is 5. The van der Waals surface area contributed by atoms with E-state index in [2.05, 4.69) is 30.5 Å². The van der Waals surface area contributed by atoms with E-state index >= 15 is 0 Å². The van der Waals surface area contributed by atoms with E-state index in [4.69, 9.17) is 4.74 Å². The van der Waals surface area contributed by atoms with Crippen LogP contribution in [0.3, 0.4) is 0 Å². The predicted molar refractivity (Wildman–Crippen MR) is 59.9 cm³/mol. The number of nitrogens with one attached hydrogen (secondary N) is 1. The van der Waals surface area contributed by atoms with Crippen LogP contribution in [0.1, 0.15) is 31.7 Å². The number of methoxy groups -OCH3 is 1. The molecule has 0 fully saturated rings. The lowest BCUT2D eigenvalue weighted by Gasteiger charge is -2.12. The van der Waals surface area contributed by atoms with Crippen LogP contribution in [0.5, 0.6) is 5.88 Å². The topological polar surface area (TPSA) is 34.1 Å². The van der Waals surface area contributed by atoms with Crippen molar-refractivity contribution in [1.82, 2.24) is 9.69 Å². The van der Waals surface area contributed by atoms with Crippen molar-refractivity contribution >= 4 is 11.5 Å². The Kier molecular flexibility index (Phi) is 4.35. The van der Waals surface area contributed by atoms with Crippen LogP contribution in [-0.2, 0) is 0 Å². The minimum Gasteiger partial charge on any atom is -0.480 e. The summed E-state index contributed by atoms with van der Waals surface area (Å²) in [6.07, 6.45) is 0. The zero-order chi connectivity index (χ0) is 10.6. The number of hydrogen-bond donors (Lipinski definition) is 1. The molecule has 0 saturated heterocycles. The summed E-state index contributed by atoms with van der Waals surface area (Å²) in [4.78, 5) is 1.22. The maximum Gasteiger partial charge on any atom is 0.225 e. The van der Waals surface area contributed by atoms with Gasteiger partial charge in [-0.1, -0.05) is 13.8 Å². The van der Waals surface area contributed by atoms with Crippen LogP contribution in [0.25, 0.3) is 0 Å². The van der Waals surface area contributed by atoms with Gasteiger partial charge in [0.05, 0.1) is 7.11 Å². The minimum absolute atomic E-state index is 0.360. The first-order valence-electron chi connectivity index (χ1n) is 4.87. The highest BCUT2D eigenvalue weighted by atomic mass is 32.1. The lowest BCUT2D eigenvalue weighted by atomic mass is 10.2. The Morgan fingerprint density at radius 2 is 2.21 bits per heavy atom. The third-order valence-corrected chi connectivity index (χ3v) is 2.93. The highest BCUT2D eigenvalue weighted by Crippen LogP contribution is 2.22. The summed E-state index contributed by atoms with van der Waals surface area (Å²) in [6.45, 7) is 7.58. The van der Waals surface area contributed by atoms with Gasteiger partial charge in [-0.2, -0.15) is 4.37 Å². The third kappa shape index (κ3) is 3.27. The summed E-state index contributed by atoms with van der Waals surface area (Å²) in [6, 6.07) is 2.35. The Hall–Kier alpha value is -0.610. The van der Waals surface area contributed by atoms with Crippen molar-refractivity contribution in [3.8, 4) is 5.88 Å². The van der Waals surface area contributed by atoms with E-state index in [0.717, 1.165) is 6.54 Å². The Balaban J connectivity index is 2.47. The van der Waals surface area contributed by atoms with E-state index in [1.54, 1.807) is 7.11 Å². The molecule has 0 aliphatic carbocycles. The fourth-order valence-electron chi connectivity index (χ4n) is 1.09. The molecule has 4 heteroatoms. The first-order chi connectivity index (χ1) is 6.63. The molecular weight excluding hydrogens is 196 g/mol. The molecule has 0 saturated carbocycles. The number of aromatic nitrogens is 1. The van der Waals surface area contributed by atoms with Crippen molar-refractivity contribution in [2.24, 2.45) is 5.92 Å². The summed E-state index contributed by atoms with van der Waals surface area (Å²) in [5, 5.41) is 3.45. The van der Waals surface area contributed by atoms with E-state index < -0.39 is 0 Å². The summed E-state index contributed by atoms with van der Waals surface area (Å²) in [7, 11) is 1.64.